The molecule has 0 aliphatic rings. The van der Waals surface area contributed by atoms with Crippen molar-refractivity contribution >= 4 is 16.9 Å². The highest BCUT2D eigenvalue weighted by Crippen LogP contribution is 2.26. The molecule has 7 nitrogen and oxygen atoms in total. The lowest BCUT2D eigenvalue weighted by Crippen LogP contribution is -2.36. The second-order valence-corrected chi connectivity index (χ2v) is 7.36. The van der Waals surface area contributed by atoms with Gasteiger partial charge in [-0.15, -0.1) is 15.0 Å². The Morgan fingerprint density at radius 1 is 1.06 bits per heavy atom. The molecule has 4 aromatic rings. The maximum atomic E-state index is 13.0. The Kier molecular flexibility index (Phi) is 6.42. The third-order valence-electron chi connectivity index (χ3n) is 4.98. The molecule has 0 saturated carbocycles. The maximum absolute atomic E-state index is 13.0. The van der Waals surface area contributed by atoms with Crippen molar-refractivity contribution in [1.29, 1.82) is 0 Å². The lowest BCUT2D eigenvalue weighted by atomic mass is 10.1. The van der Waals surface area contributed by atoms with Crippen LogP contribution in [0.2, 0.25) is 0 Å². The van der Waals surface area contributed by atoms with Crippen LogP contribution in [-0.4, -0.2) is 38.7 Å². The van der Waals surface area contributed by atoms with E-state index in [-0.39, 0.29) is 24.9 Å². The Balaban J connectivity index is 1.54. The van der Waals surface area contributed by atoms with Crippen molar-refractivity contribution < 1.29 is 19.0 Å². The number of fused-ring (bicyclic) bond motifs is 1. The molecule has 4 rings (SSSR count). The van der Waals surface area contributed by atoms with Gasteiger partial charge in [0, 0.05) is 13.2 Å². The molecule has 0 spiro atoms. The summed E-state index contributed by atoms with van der Waals surface area (Å²) < 4.78 is 19.0. The van der Waals surface area contributed by atoms with Crippen molar-refractivity contribution in [2.45, 2.75) is 26.0 Å². The molecule has 1 heterocycles. The highest BCUT2D eigenvalue weighted by atomic mass is 19.1. The number of aliphatic hydroxyl groups excluding tert-OH is 1. The van der Waals surface area contributed by atoms with Crippen LogP contribution in [0.5, 0.6) is 5.75 Å². The molecule has 1 aromatic heterocycles. The van der Waals surface area contributed by atoms with Gasteiger partial charge in [0.25, 0.3) is 5.91 Å². The molecule has 3 aromatic carbocycles. The first-order chi connectivity index (χ1) is 15.5. The van der Waals surface area contributed by atoms with Gasteiger partial charge < -0.3 is 15.2 Å². The van der Waals surface area contributed by atoms with Gasteiger partial charge in [-0.05, 0) is 60.9 Å². The molecule has 2 N–H and O–H groups in total. The van der Waals surface area contributed by atoms with Gasteiger partial charge in [0.15, 0.2) is 6.10 Å². The molecule has 0 bridgehead atoms. The first-order valence-corrected chi connectivity index (χ1v) is 10.3. The number of hydrogen-bond acceptors (Lipinski definition) is 5. The minimum absolute atomic E-state index is 0.0103. The van der Waals surface area contributed by atoms with Gasteiger partial charge in [0.05, 0.1) is 0 Å². The third kappa shape index (κ3) is 4.92. The number of rotatable bonds is 8. The van der Waals surface area contributed by atoms with Crippen LogP contribution in [0.25, 0.3) is 16.7 Å². The van der Waals surface area contributed by atoms with Crippen LogP contribution >= 0.6 is 0 Å². The molecular weight excluding hydrogens is 411 g/mol. The Morgan fingerprint density at radius 3 is 2.38 bits per heavy atom. The van der Waals surface area contributed by atoms with Crippen LogP contribution in [0.3, 0.4) is 0 Å². The SMILES string of the molecule is C[C@H](Oc1ccc(CCO)cc1-n1nc2ccccc2n1)C(=O)NCc1ccc(F)cc1. The molecule has 0 radical (unpaired) electrons. The fourth-order valence-corrected chi connectivity index (χ4v) is 3.25. The minimum Gasteiger partial charge on any atom is -0.479 e. The number of carbonyl (C=O) groups excluding carboxylic acids is 1. The minimum atomic E-state index is -0.789. The zero-order valence-corrected chi connectivity index (χ0v) is 17.5. The van der Waals surface area contributed by atoms with E-state index >= 15 is 0 Å². The van der Waals surface area contributed by atoms with Crippen LogP contribution < -0.4 is 10.1 Å². The molecule has 0 fully saturated rings. The van der Waals surface area contributed by atoms with E-state index in [1.807, 2.05) is 36.4 Å². The molecule has 0 aliphatic heterocycles. The summed E-state index contributed by atoms with van der Waals surface area (Å²) in [5, 5.41) is 21.1. The largest absolute Gasteiger partial charge is 0.479 e. The highest BCUT2D eigenvalue weighted by molar-refractivity contribution is 5.81. The zero-order valence-electron chi connectivity index (χ0n) is 17.5. The van der Waals surface area contributed by atoms with Crippen LogP contribution in [-0.2, 0) is 17.8 Å². The van der Waals surface area contributed by atoms with Crippen LogP contribution in [0.4, 0.5) is 4.39 Å². The van der Waals surface area contributed by atoms with Gasteiger partial charge >= 0.3 is 0 Å². The van der Waals surface area contributed by atoms with Gasteiger partial charge in [0.1, 0.15) is 28.3 Å². The Labute approximate surface area is 184 Å². The average molecular weight is 434 g/mol. The van der Waals surface area contributed by atoms with Crippen LogP contribution in [0, 0.1) is 5.82 Å². The van der Waals surface area contributed by atoms with Gasteiger partial charge in [0.2, 0.25) is 0 Å². The molecule has 0 saturated heterocycles. The maximum Gasteiger partial charge on any atom is 0.261 e. The third-order valence-corrected chi connectivity index (χ3v) is 4.98. The summed E-state index contributed by atoms with van der Waals surface area (Å²) in [5.41, 5.74) is 3.72. The van der Waals surface area contributed by atoms with E-state index in [1.165, 1.54) is 16.9 Å². The predicted molar refractivity (Wildman–Crippen MR) is 118 cm³/mol. The fourth-order valence-electron chi connectivity index (χ4n) is 3.25. The number of aromatic nitrogens is 3. The first kappa shape index (κ1) is 21.5. The molecule has 1 atom stereocenters. The summed E-state index contributed by atoms with van der Waals surface area (Å²) in [4.78, 5) is 14.0. The Morgan fingerprint density at radius 2 is 1.72 bits per heavy atom. The van der Waals surface area contributed by atoms with Gasteiger partial charge in [-0.2, -0.15) is 0 Å². The van der Waals surface area contributed by atoms with E-state index in [0.717, 1.165) is 22.2 Å². The lowest BCUT2D eigenvalue weighted by Gasteiger charge is -2.17. The summed E-state index contributed by atoms with van der Waals surface area (Å²) in [7, 11) is 0. The number of amides is 1. The predicted octanol–water partition coefficient (Wildman–Crippen LogP) is 3.18. The van der Waals surface area contributed by atoms with E-state index in [2.05, 4.69) is 15.5 Å². The quantitative estimate of drug-likeness (QED) is 0.445. The standard InChI is InChI=1S/C24H23FN4O3/c1-16(24(31)26-15-18-6-9-19(25)10-7-18)32-23-11-8-17(12-13-30)14-22(23)29-27-20-4-2-3-5-21(20)28-29/h2-11,14,16,30H,12-13,15H2,1H3,(H,26,31)/t16-/m0/s1. The van der Waals surface area contributed by atoms with Gasteiger partial charge in [-0.1, -0.05) is 30.3 Å². The Hall–Kier alpha value is -3.78. The van der Waals surface area contributed by atoms with E-state index in [4.69, 9.17) is 4.74 Å². The summed E-state index contributed by atoms with van der Waals surface area (Å²) >= 11 is 0. The summed E-state index contributed by atoms with van der Waals surface area (Å²) in [6, 6.07) is 18.9. The van der Waals surface area contributed by atoms with E-state index in [9.17, 15) is 14.3 Å². The van der Waals surface area contributed by atoms with Crippen molar-refractivity contribution in [3.05, 3.63) is 83.7 Å². The lowest BCUT2D eigenvalue weighted by molar-refractivity contribution is -0.127. The van der Waals surface area contributed by atoms with E-state index in [1.54, 1.807) is 25.1 Å². The Bertz CT molecular complexity index is 1190. The van der Waals surface area contributed by atoms with E-state index in [0.29, 0.717) is 17.9 Å². The fraction of sp³-hybridized carbons (Fsp3) is 0.208. The van der Waals surface area contributed by atoms with Crippen molar-refractivity contribution in [2.24, 2.45) is 0 Å². The molecule has 0 aliphatic carbocycles. The first-order valence-electron chi connectivity index (χ1n) is 10.3. The number of aliphatic hydroxyl groups is 1. The van der Waals surface area contributed by atoms with Crippen molar-refractivity contribution in [3.8, 4) is 11.4 Å². The second-order valence-electron chi connectivity index (χ2n) is 7.36. The number of benzene rings is 3. The smallest absolute Gasteiger partial charge is 0.261 e. The number of halogens is 1. The number of nitrogens with zero attached hydrogens (tertiary/aromatic N) is 3. The van der Waals surface area contributed by atoms with Crippen LogP contribution in [0.15, 0.2) is 66.7 Å². The number of carbonyl (C=O) groups is 1. The van der Waals surface area contributed by atoms with Gasteiger partial charge in [-0.3, -0.25) is 4.79 Å². The molecule has 1 amide bonds. The normalized spacial score (nSPS) is 12.0. The van der Waals surface area contributed by atoms with E-state index < -0.39 is 6.10 Å². The highest BCUT2D eigenvalue weighted by Gasteiger charge is 2.18. The summed E-state index contributed by atoms with van der Waals surface area (Å²) in [6.07, 6.45) is -0.315. The topological polar surface area (TPSA) is 89.3 Å². The van der Waals surface area contributed by atoms with Crippen LogP contribution in [0.1, 0.15) is 18.1 Å². The average Bonchev–Trinajstić information content (AvgIpc) is 3.23. The van der Waals surface area contributed by atoms with Crippen molar-refractivity contribution in [3.63, 3.8) is 0 Å². The number of hydrogen-bond donors (Lipinski definition) is 2. The molecule has 32 heavy (non-hydrogen) atoms. The van der Waals surface area contributed by atoms with Crippen molar-refractivity contribution in [2.75, 3.05) is 6.61 Å². The summed E-state index contributed by atoms with van der Waals surface area (Å²) in [6.45, 7) is 1.93. The molecular formula is C24H23FN4O3. The summed E-state index contributed by atoms with van der Waals surface area (Å²) in [5.74, 6) is -0.191. The molecule has 8 heteroatoms. The monoisotopic (exact) mass is 434 g/mol. The van der Waals surface area contributed by atoms with Crippen molar-refractivity contribution in [1.82, 2.24) is 20.3 Å². The second kappa shape index (κ2) is 9.57. The molecule has 164 valence electrons. The zero-order chi connectivity index (χ0) is 22.5. The van der Waals surface area contributed by atoms with Gasteiger partial charge in [-0.25, -0.2) is 4.39 Å². The molecule has 0 unspecified atom stereocenters. The number of ether oxygens (including phenoxy) is 1. The number of nitrogens with one attached hydrogen (secondary N) is 1.